The number of hydrogen-bond donors (Lipinski definition) is 1. The number of nitrogens with one attached hydrogen (secondary N) is 1. The maximum Gasteiger partial charge on any atom is 0.265 e. The summed E-state index contributed by atoms with van der Waals surface area (Å²) in [7, 11) is -2.22. The van der Waals surface area contributed by atoms with Crippen molar-refractivity contribution < 1.29 is 13.2 Å². The van der Waals surface area contributed by atoms with Gasteiger partial charge in [-0.25, -0.2) is 8.42 Å². The van der Waals surface area contributed by atoms with E-state index in [9.17, 15) is 13.2 Å². The second-order valence-electron chi connectivity index (χ2n) is 6.84. The maximum absolute atomic E-state index is 13.0. The molecule has 0 aliphatic rings. The molecule has 0 aliphatic heterocycles. The third-order valence-corrected chi connectivity index (χ3v) is 8.92. The van der Waals surface area contributed by atoms with E-state index in [2.05, 4.69) is 21.2 Å². The van der Waals surface area contributed by atoms with Crippen LogP contribution in [0.2, 0.25) is 10.0 Å². The Hall–Kier alpha value is -2.10. The van der Waals surface area contributed by atoms with Crippen molar-refractivity contribution in [3.63, 3.8) is 0 Å². The summed E-state index contributed by atoms with van der Waals surface area (Å²) in [6, 6.07) is 18.3. The van der Waals surface area contributed by atoms with Gasteiger partial charge in [0.1, 0.15) is 0 Å². The van der Waals surface area contributed by atoms with Gasteiger partial charge in [0.05, 0.1) is 25.5 Å². The van der Waals surface area contributed by atoms with E-state index in [0.717, 1.165) is 14.6 Å². The number of benzene rings is 3. The lowest BCUT2D eigenvalue weighted by molar-refractivity contribution is 0.103. The van der Waals surface area contributed by atoms with Crippen LogP contribution in [-0.2, 0) is 10.0 Å². The molecule has 0 fully saturated rings. The molecule has 0 saturated heterocycles. The van der Waals surface area contributed by atoms with Gasteiger partial charge in [0.15, 0.2) is 0 Å². The van der Waals surface area contributed by atoms with Gasteiger partial charge < -0.3 is 5.32 Å². The third kappa shape index (κ3) is 4.65. The molecule has 32 heavy (non-hydrogen) atoms. The molecule has 0 bridgehead atoms. The summed E-state index contributed by atoms with van der Waals surface area (Å²) >= 11 is 16.5. The summed E-state index contributed by atoms with van der Waals surface area (Å²) in [5.41, 5.74) is 1.03. The average molecular weight is 570 g/mol. The molecule has 0 unspecified atom stereocenters. The maximum atomic E-state index is 13.0. The van der Waals surface area contributed by atoms with E-state index in [1.54, 1.807) is 66.7 Å². The van der Waals surface area contributed by atoms with Crippen LogP contribution in [0.4, 0.5) is 11.4 Å². The predicted octanol–water partition coefficient (Wildman–Crippen LogP) is 7.05. The van der Waals surface area contributed by atoms with Gasteiger partial charge in [0.2, 0.25) is 0 Å². The smallest absolute Gasteiger partial charge is 0.265 e. The zero-order valence-electron chi connectivity index (χ0n) is 16.5. The first kappa shape index (κ1) is 23.1. The minimum Gasteiger partial charge on any atom is -0.321 e. The van der Waals surface area contributed by atoms with Crippen molar-refractivity contribution in [1.82, 2.24) is 0 Å². The van der Waals surface area contributed by atoms with Crippen LogP contribution >= 0.6 is 50.5 Å². The molecule has 4 aromatic rings. The number of fused-ring (bicyclic) bond motifs is 1. The largest absolute Gasteiger partial charge is 0.321 e. The van der Waals surface area contributed by atoms with Crippen molar-refractivity contribution in [2.24, 2.45) is 0 Å². The molecule has 0 radical (unpaired) electrons. The molecular weight excluding hydrogens is 555 g/mol. The number of carbonyl (C=O) groups is 1. The second kappa shape index (κ2) is 9.03. The first-order valence-corrected chi connectivity index (χ1v) is 13.0. The molecule has 0 aliphatic carbocycles. The highest BCUT2D eigenvalue weighted by Crippen LogP contribution is 2.32. The Morgan fingerprint density at radius 1 is 0.969 bits per heavy atom. The standard InChI is InChI=1S/C22H15BrCl2N2O3S2/c1-27(32(29,30)17-6-2-14(23)3-7-17)16-5-9-20-13(10-16)11-21(31-20)22(28)26-15-4-8-18(24)19(25)12-15/h2-12H,1H3,(H,26,28). The zero-order valence-corrected chi connectivity index (χ0v) is 21.2. The number of thiophene rings is 1. The lowest BCUT2D eigenvalue weighted by Crippen LogP contribution is -2.26. The minimum absolute atomic E-state index is 0.190. The number of amides is 1. The topological polar surface area (TPSA) is 66.5 Å². The number of rotatable bonds is 5. The second-order valence-corrected chi connectivity index (χ2v) is 11.6. The first-order chi connectivity index (χ1) is 15.1. The summed E-state index contributed by atoms with van der Waals surface area (Å²) in [4.78, 5) is 13.4. The molecule has 10 heteroatoms. The van der Waals surface area contributed by atoms with E-state index in [1.165, 1.54) is 22.7 Å². The molecule has 0 saturated carbocycles. The van der Waals surface area contributed by atoms with Crippen LogP contribution in [0.3, 0.4) is 0 Å². The fourth-order valence-electron chi connectivity index (χ4n) is 3.01. The molecule has 4 rings (SSSR count). The number of anilines is 2. The van der Waals surface area contributed by atoms with Crippen LogP contribution in [0.15, 0.2) is 76.1 Å². The Morgan fingerprint density at radius 2 is 1.69 bits per heavy atom. The van der Waals surface area contributed by atoms with Gasteiger partial charge in [-0.15, -0.1) is 11.3 Å². The minimum atomic E-state index is -3.72. The molecule has 164 valence electrons. The van der Waals surface area contributed by atoms with E-state index >= 15 is 0 Å². The highest BCUT2D eigenvalue weighted by molar-refractivity contribution is 9.10. The molecule has 1 amide bonds. The van der Waals surface area contributed by atoms with Crippen molar-refractivity contribution in [2.75, 3.05) is 16.7 Å². The summed E-state index contributed by atoms with van der Waals surface area (Å²) < 4.78 is 28.8. The number of sulfonamides is 1. The van der Waals surface area contributed by atoms with Crippen LogP contribution in [0, 0.1) is 0 Å². The Bertz CT molecular complexity index is 1440. The van der Waals surface area contributed by atoms with Crippen molar-refractivity contribution in [3.05, 3.63) is 86.1 Å². The van der Waals surface area contributed by atoms with E-state index in [4.69, 9.17) is 23.2 Å². The molecule has 0 spiro atoms. The Kier molecular flexibility index (Phi) is 6.51. The van der Waals surface area contributed by atoms with Gasteiger partial charge in [0.25, 0.3) is 15.9 Å². The fourth-order valence-corrected chi connectivity index (χ4v) is 5.70. The van der Waals surface area contributed by atoms with Crippen molar-refractivity contribution in [2.45, 2.75) is 4.90 Å². The molecule has 5 nitrogen and oxygen atoms in total. The van der Waals surface area contributed by atoms with Gasteiger partial charge in [-0.2, -0.15) is 0 Å². The highest BCUT2D eigenvalue weighted by atomic mass is 79.9. The third-order valence-electron chi connectivity index (χ3n) is 4.74. The summed E-state index contributed by atoms with van der Waals surface area (Å²) in [6.07, 6.45) is 0. The normalized spacial score (nSPS) is 11.5. The number of carbonyl (C=O) groups excluding carboxylic acids is 1. The monoisotopic (exact) mass is 568 g/mol. The van der Waals surface area contributed by atoms with Gasteiger partial charge in [-0.1, -0.05) is 39.1 Å². The fraction of sp³-hybridized carbons (Fsp3) is 0.0455. The number of hydrogen-bond acceptors (Lipinski definition) is 4. The lowest BCUT2D eigenvalue weighted by Gasteiger charge is -2.19. The van der Waals surface area contributed by atoms with Gasteiger partial charge in [-0.05, 0) is 72.1 Å². The van der Waals surface area contributed by atoms with E-state index in [1.807, 2.05) is 0 Å². The van der Waals surface area contributed by atoms with Gasteiger partial charge >= 0.3 is 0 Å². The summed E-state index contributed by atoms with van der Waals surface area (Å²) in [6.45, 7) is 0. The van der Waals surface area contributed by atoms with Crippen LogP contribution in [0.1, 0.15) is 9.67 Å². The quantitative estimate of drug-likeness (QED) is 0.280. The van der Waals surface area contributed by atoms with Crippen molar-refractivity contribution in [1.29, 1.82) is 0 Å². The van der Waals surface area contributed by atoms with Gasteiger partial charge in [0, 0.05) is 21.9 Å². The van der Waals surface area contributed by atoms with Crippen molar-refractivity contribution >= 4 is 87.9 Å². The Balaban J connectivity index is 1.60. The first-order valence-electron chi connectivity index (χ1n) is 9.19. The number of nitrogens with zero attached hydrogens (tertiary/aromatic N) is 1. The molecular formula is C22H15BrCl2N2O3S2. The zero-order chi connectivity index (χ0) is 23.0. The van der Waals surface area contributed by atoms with Gasteiger partial charge in [-0.3, -0.25) is 9.10 Å². The summed E-state index contributed by atoms with van der Waals surface area (Å²) in [5.74, 6) is -0.290. The SMILES string of the molecule is CN(c1ccc2sc(C(=O)Nc3ccc(Cl)c(Cl)c3)cc2c1)S(=O)(=O)c1ccc(Br)cc1. The molecule has 1 aromatic heterocycles. The van der Waals surface area contributed by atoms with Crippen LogP contribution in [-0.4, -0.2) is 21.4 Å². The highest BCUT2D eigenvalue weighted by Gasteiger charge is 2.22. The average Bonchev–Trinajstić information content (AvgIpc) is 3.19. The van der Waals surface area contributed by atoms with Crippen LogP contribution in [0.5, 0.6) is 0 Å². The Labute approximate surface area is 207 Å². The van der Waals surface area contributed by atoms with Crippen LogP contribution < -0.4 is 9.62 Å². The predicted molar refractivity (Wildman–Crippen MR) is 136 cm³/mol. The van der Waals surface area contributed by atoms with Crippen molar-refractivity contribution in [3.8, 4) is 0 Å². The van der Waals surface area contributed by atoms with Crippen LogP contribution in [0.25, 0.3) is 10.1 Å². The van der Waals surface area contributed by atoms with E-state index in [-0.39, 0.29) is 10.8 Å². The van der Waals surface area contributed by atoms with E-state index in [0.29, 0.717) is 26.3 Å². The molecule has 1 N–H and O–H groups in total. The molecule has 1 heterocycles. The Morgan fingerprint density at radius 3 is 2.38 bits per heavy atom. The summed E-state index contributed by atoms with van der Waals surface area (Å²) in [5, 5.41) is 4.31. The lowest BCUT2D eigenvalue weighted by atomic mass is 10.2. The van der Waals surface area contributed by atoms with E-state index < -0.39 is 10.0 Å². The molecule has 3 aromatic carbocycles. The number of halogens is 3. The molecule has 0 atom stereocenters.